The number of aromatic nitrogens is 3. The van der Waals surface area contributed by atoms with E-state index in [4.69, 9.17) is 4.74 Å². The molecule has 5 heteroatoms. The fraction of sp³-hybridized carbons (Fsp3) is 0.385. The Labute approximate surface area is 105 Å². The highest BCUT2D eigenvalue weighted by molar-refractivity contribution is 5.27. The minimum Gasteiger partial charge on any atom is -0.497 e. The Hall–Kier alpha value is -2.04. The van der Waals surface area contributed by atoms with Crippen LogP contribution in [0.15, 0.2) is 29.1 Å². The predicted octanol–water partition coefficient (Wildman–Crippen LogP) is 1.58. The third-order valence-corrected chi connectivity index (χ3v) is 2.71. The number of aromatic amines is 1. The zero-order chi connectivity index (χ0) is 13.0. The minimum absolute atomic E-state index is 0.158. The van der Waals surface area contributed by atoms with Crippen molar-refractivity contribution in [1.82, 2.24) is 14.8 Å². The van der Waals surface area contributed by atoms with E-state index in [0.29, 0.717) is 6.54 Å². The minimum atomic E-state index is -0.158. The molecule has 0 bridgehead atoms. The zero-order valence-corrected chi connectivity index (χ0v) is 10.6. The van der Waals surface area contributed by atoms with Crippen molar-refractivity contribution in [3.8, 4) is 5.75 Å². The monoisotopic (exact) mass is 247 g/mol. The molecule has 5 nitrogen and oxygen atoms in total. The highest BCUT2D eigenvalue weighted by atomic mass is 16.5. The van der Waals surface area contributed by atoms with E-state index in [1.807, 2.05) is 24.3 Å². The third kappa shape index (κ3) is 2.80. The molecular formula is C13H17N3O2. The molecule has 96 valence electrons. The smallest absolute Gasteiger partial charge is 0.343 e. The van der Waals surface area contributed by atoms with Crippen LogP contribution in [0.4, 0.5) is 0 Å². The van der Waals surface area contributed by atoms with Gasteiger partial charge in [0.1, 0.15) is 11.6 Å². The van der Waals surface area contributed by atoms with Gasteiger partial charge in [-0.25, -0.2) is 9.48 Å². The number of hydrogen-bond donors (Lipinski definition) is 1. The van der Waals surface area contributed by atoms with Gasteiger partial charge in [-0.15, -0.1) is 0 Å². The molecule has 1 N–H and O–H groups in total. The van der Waals surface area contributed by atoms with Crippen LogP contribution >= 0.6 is 0 Å². The molecule has 0 aliphatic heterocycles. The molecule has 0 spiro atoms. The second-order valence-corrected chi connectivity index (χ2v) is 4.13. The van der Waals surface area contributed by atoms with Gasteiger partial charge in [0.15, 0.2) is 0 Å². The second-order valence-electron chi connectivity index (χ2n) is 4.13. The van der Waals surface area contributed by atoms with E-state index in [2.05, 4.69) is 17.0 Å². The van der Waals surface area contributed by atoms with E-state index >= 15 is 0 Å². The van der Waals surface area contributed by atoms with Gasteiger partial charge in [0, 0.05) is 6.42 Å². The summed E-state index contributed by atoms with van der Waals surface area (Å²) in [6, 6.07) is 7.61. The van der Waals surface area contributed by atoms with E-state index < -0.39 is 0 Å². The van der Waals surface area contributed by atoms with Crippen molar-refractivity contribution < 1.29 is 4.74 Å². The summed E-state index contributed by atoms with van der Waals surface area (Å²) in [5.74, 6) is 1.55. The predicted molar refractivity (Wildman–Crippen MR) is 68.9 cm³/mol. The van der Waals surface area contributed by atoms with Gasteiger partial charge in [0.05, 0.1) is 13.7 Å². The molecule has 18 heavy (non-hydrogen) atoms. The average Bonchev–Trinajstić information content (AvgIpc) is 2.71. The number of benzene rings is 1. The Balaban J connectivity index is 2.14. The van der Waals surface area contributed by atoms with Crippen LogP contribution in [0.25, 0.3) is 0 Å². The van der Waals surface area contributed by atoms with Crippen LogP contribution in [0, 0.1) is 0 Å². The molecule has 2 rings (SSSR count). The number of hydrogen-bond acceptors (Lipinski definition) is 3. The quantitative estimate of drug-likeness (QED) is 0.872. The lowest BCUT2D eigenvalue weighted by Crippen LogP contribution is -2.18. The molecule has 0 fully saturated rings. The summed E-state index contributed by atoms with van der Waals surface area (Å²) in [5, 5.41) is 4.25. The van der Waals surface area contributed by atoms with Gasteiger partial charge in [0.2, 0.25) is 0 Å². The van der Waals surface area contributed by atoms with Gasteiger partial charge in [-0.1, -0.05) is 19.1 Å². The molecule has 0 radical (unpaired) electrons. The summed E-state index contributed by atoms with van der Waals surface area (Å²) in [7, 11) is 1.63. The van der Waals surface area contributed by atoms with Crippen LogP contribution in [0.2, 0.25) is 0 Å². The molecule has 0 saturated heterocycles. The van der Waals surface area contributed by atoms with E-state index in [9.17, 15) is 4.79 Å². The Morgan fingerprint density at radius 3 is 2.67 bits per heavy atom. The third-order valence-electron chi connectivity index (χ3n) is 2.71. The molecule has 0 atom stereocenters. The average molecular weight is 247 g/mol. The first-order chi connectivity index (χ1) is 8.72. The fourth-order valence-electron chi connectivity index (χ4n) is 1.76. The number of ether oxygens (including phenoxy) is 1. The molecule has 0 amide bonds. The summed E-state index contributed by atoms with van der Waals surface area (Å²) < 4.78 is 6.54. The summed E-state index contributed by atoms with van der Waals surface area (Å²) in [5.41, 5.74) is 0.863. The lowest BCUT2D eigenvalue weighted by Gasteiger charge is -2.02. The lowest BCUT2D eigenvalue weighted by molar-refractivity contribution is 0.414. The van der Waals surface area contributed by atoms with Crippen molar-refractivity contribution in [2.24, 2.45) is 0 Å². The molecule has 1 aromatic carbocycles. The maximum Gasteiger partial charge on any atom is 0.343 e. The van der Waals surface area contributed by atoms with Gasteiger partial charge in [0.25, 0.3) is 0 Å². The Kier molecular flexibility index (Phi) is 3.82. The normalized spacial score (nSPS) is 10.6. The van der Waals surface area contributed by atoms with Crippen molar-refractivity contribution in [3.05, 3.63) is 46.1 Å². The van der Waals surface area contributed by atoms with E-state index in [-0.39, 0.29) is 5.69 Å². The molecule has 1 heterocycles. The largest absolute Gasteiger partial charge is 0.497 e. The van der Waals surface area contributed by atoms with Crippen molar-refractivity contribution in [2.75, 3.05) is 7.11 Å². The van der Waals surface area contributed by atoms with Crippen LogP contribution in [0.5, 0.6) is 5.75 Å². The highest BCUT2D eigenvalue weighted by Crippen LogP contribution is 2.11. The van der Waals surface area contributed by atoms with Crippen LogP contribution in [0.1, 0.15) is 24.7 Å². The van der Waals surface area contributed by atoms with Gasteiger partial charge in [-0.3, -0.25) is 4.98 Å². The molecular weight excluding hydrogens is 230 g/mol. The van der Waals surface area contributed by atoms with Crippen LogP contribution in [-0.4, -0.2) is 21.9 Å². The van der Waals surface area contributed by atoms with E-state index in [1.54, 1.807) is 7.11 Å². The van der Waals surface area contributed by atoms with Crippen LogP contribution in [0.3, 0.4) is 0 Å². The zero-order valence-electron chi connectivity index (χ0n) is 10.6. The Bertz CT molecular complexity index is 554. The maximum atomic E-state index is 11.7. The van der Waals surface area contributed by atoms with Crippen LogP contribution < -0.4 is 10.4 Å². The SMILES string of the molecule is CCCc1nn(Cc2ccc(OC)cc2)c(=O)[nH]1. The molecule has 0 saturated carbocycles. The Morgan fingerprint density at radius 1 is 1.33 bits per heavy atom. The van der Waals surface area contributed by atoms with E-state index in [0.717, 1.165) is 30.0 Å². The van der Waals surface area contributed by atoms with Gasteiger partial charge in [-0.05, 0) is 24.1 Å². The molecule has 0 aliphatic carbocycles. The highest BCUT2D eigenvalue weighted by Gasteiger charge is 2.05. The van der Waals surface area contributed by atoms with Crippen molar-refractivity contribution in [1.29, 1.82) is 0 Å². The Morgan fingerprint density at radius 2 is 2.06 bits per heavy atom. The number of methoxy groups -OCH3 is 1. The first-order valence-electron chi connectivity index (χ1n) is 6.02. The first-order valence-corrected chi connectivity index (χ1v) is 6.02. The maximum absolute atomic E-state index is 11.7. The van der Waals surface area contributed by atoms with Crippen molar-refractivity contribution in [2.45, 2.75) is 26.3 Å². The molecule has 2 aromatic rings. The van der Waals surface area contributed by atoms with Gasteiger partial charge in [-0.2, -0.15) is 5.10 Å². The number of H-pyrrole nitrogens is 1. The van der Waals surface area contributed by atoms with Crippen LogP contribution in [-0.2, 0) is 13.0 Å². The van der Waals surface area contributed by atoms with Gasteiger partial charge < -0.3 is 4.74 Å². The topological polar surface area (TPSA) is 59.9 Å². The van der Waals surface area contributed by atoms with Crippen molar-refractivity contribution >= 4 is 0 Å². The second kappa shape index (κ2) is 5.53. The lowest BCUT2D eigenvalue weighted by atomic mass is 10.2. The number of nitrogens with one attached hydrogen (secondary N) is 1. The first kappa shape index (κ1) is 12.4. The summed E-state index contributed by atoms with van der Waals surface area (Å²) in [6.45, 7) is 2.53. The summed E-state index contributed by atoms with van der Waals surface area (Å²) in [4.78, 5) is 14.4. The molecule has 0 aliphatic rings. The van der Waals surface area contributed by atoms with Gasteiger partial charge >= 0.3 is 5.69 Å². The standard InChI is InChI=1S/C13H17N3O2/c1-3-4-12-14-13(17)16(15-12)9-10-5-7-11(18-2)8-6-10/h5-8H,3-4,9H2,1-2H3,(H,14,15,17). The van der Waals surface area contributed by atoms with E-state index in [1.165, 1.54) is 4.68 Å². The number of nitrogens with zero attached hydrogens (tertiary/aromatic N) is 2. The summed E-state index contributed by atoms with van der Waals surface area (Å²) >= 11 is 0. The number of rotatable bonds is 5. The number of aryl methyl sites for hydroxylation is 1. The fourth-order valence-corrected chi connectivity index (χ4v) is 1.76. The summed E-state index contributed by atoms with van der Waals surface area (Å²) in [6.07, 6.45) is 1.76. The molecule has 1 aromatic heterocycles. The van der Waals surface area contributed by atoms with Crippen molar-refractivity contribution in [3.63, 3.8) is 0 Å². The molecule has 0 unspecified atom stereocenters.